The summed E-state index contributed by atoms with van der Waals surface area (Å²) in [4.78, 5) is 26.8. The van der Waals surface area contributed by atoms with Gasteiger partial charge in [-0.25, -0.2) is 0 Å². The first-order chi connectivity index (χ1) is 13.2. The standard InChI is InChI=1S/C22H26N2O3/c1-2-27-19-12-10-18(11-13-19)23-21(25)14-15-22(26)24-16-6-5-8-17-7-3-4-9-20(17)24/h3-4,7,9-13H,2,5-6,8,14-16H2,1H3,(H,23,25). The van der Waals surface area contributed by atoms with Gasteiger partial charge in [-0.1, -0.05) is 18.2 Å². The molecule has 0 saturated heterocycles. The van der Waals surface area contributed by atoms with Gasteiger partial charge in [0.2, 0.25) is 11.8 Å². The van der Waals surface area contributed by atoms with Crippen LogP contribution in [0.25, 0.3) is 0 Å². The van der Waals surface area contributed by atoms with Crippen LogP contribution in [0.5, 0.6) is 5.75 Å². The first-order valence-corrected chi connectivity index (χ1v) is 9.58. The zero-order chi connectivity index (χ0) is 19.1. The predicted molar refractivity (Wildman–Crippen MR) is 107 cm³/mol. The maximum absolute atomic E-state index is 12.7. The van der Waals surface area contributed by atoms with Gasteiger partial charge in [0.25, 0.3) is 0 Å². The lowest BCUT2D eigenvalue weighted by molar-refractivity contribution is -0.122. The van der Waals surface area contributed by atoms with Gasteiger partial charge in [-0.3, -0.25) is 9.59 Å². The van der Waals surface area contributed by atoms with Crippen molar-refractivity contribution >= 4 is 23.2 Å². The number of nitrogens with zero attached hydrogens (tertiary/aromatic N) is 1. The molecule has 3 rings (SSSR count). The van der Waals surface area contributed by atoms with Gasteiger partial charge < -0.3 is 15.0 Å². The molecule has 1 N–H and O–H groups in total. The number of fused-ring (bicyclic) bond motifs is 1. The summed E-state index contributed by atoms with van der Waals surface area (Å²) >= 11 is 0. The summed E-state index contributed by atoms with van der Waals surface area (Å²) in [5.74, 6) is 0.618. The highest BCUT2D eigenvalue weighted by molar-refractivity contribution is 5.98. The Balaban J connectivity index is 1.55. The molecule has 1 heterocycles. The summed E-state index contributed by atoms with van der Waals surface area (Å²) < 4.78 is 5.39. The van der Waals surface area contributed by atoms with Crippen molar-refractivity contribution in [1.82, 2.24) is 0 Å². The maximum atomic E-state index is 12.7. The number of amides is 2. The fourth-order valence-corrected chi connectivity index (χ4v) is 3.33. The fraction of sp³-hybridized carbons (Fsp3) is 0.364. The Bertz CT molecular complexity index is 786. The number of ether oxygens (including phenoxy) is 1. The molecule has 142 valence electrons. The summed E-state index contributed by atoms with van der Waals surface area (Å²) in [6.07, 6.45) is 3.44. The molecular weight excluding hydrogens is 340 g/mol. The number of nitrogens with one attached hydrogen (secondary N) is 1. The van der Waals surface area contributed by atoms with Gasteiger partial charge in [-0.15, -0.1) is 0 Å². The van der Waals surface area contributed by atoms with E-state index in [0.717, 1.165) is 37.2 Å². The molecule has 0 aromatic heterocycles. The molecule has 0 radical (unpaired) electrons. The van der Waals surface area contributed by atoms with E-state index in [0.29, 0.717) is 12.3 Å². The van der Waals surface area contributed by atoms with Gasteiger partial charge in [0.15, 0.2) is 0 Å². The number of rotatable bonds is 6. The van der Waals surface area contributed by atoms with Crippen molar-refractivity contribution in [1.29, 1.82) is 0 Å². The van der Waals surface area contributed by atoms with E-state index in [2.05, 4.69) is 11.4 Å². The third kappa shape index (κ3) is 5.09. The Morgan fingerprint density at radius 1 is 1.04 bits per heavy atom. The van der Waals surface area contributed by atoms with Crippen molar-refractivity contribution in [2.45, 2.75) is 39.0 Å². The third-order valence-electron chi connectivity index (χ3n) is 4.68. The summed E-state index contributed by atoms with van der Waals surface area (Å²) in [6.45, 7) is 3.25. The first kappa shape index (κ1) is 19.0. The molecule has 0 bridgehead atoms. The van der Waals surface area contributed by atoms with Crippen LogP contribution in [0.3, 0.4) is 0 Å². The number of hydrogen-bond donors (Lipinski definition) is 1. The highest BCUT2D eigenvalue weighted by Crippen LogP contribution is 2.26. The quantitative estimate of drug-likeness (QED) is 0.835. The van der Waals surface area contributed by atoms with E-state index in [1.54, 1.807) is 12.1 Å². The molecule has 0 fully saturated rings. The molecule has 2 aromatic rings. The number of carbonyl (C=O) groups is 2. The maximum Gasteiger partial charge on any atom is 0.227 e. The van der Waals surface area contributed by atoms with Gasteiger partial charge >= 0.3 is 0 Å². The molecule has 5 heteroatoms. The van der Waals surface area contributed by atoms with E-state index < -0.39 is 0 Å². The van der Waals surface area contributed by atoms with Gasteiger partial charge in [0.1, 0.15) is 5.75 Å². The minimum Gasteiger partial charge on any atom is -0.494 e. The normalized spacial score (nSPS) is 13.4. The summed E-state index contributed by atoms with van der Waals surface area (Å²) in [5, 5.41) is 2.84. The molecule has 1 aliphatic heterocycles. The van der Waals surface area contributed by atoms with E-state index in [9.17, 15) is 9.59 Å². The molecule has 0 aliphatic carbocycles. The largest absolute Gasteiger partial charge is 0.494 e. The van der Waals surface area contributed by atoms with E-state index in [1.807, 2.05) is 42.2 Å². The van der Waals surface area contributed by atoms with Gasteiger partial charge in [0, 0.05) is 30.8 Å². The molecular formula is C22H26N2O3. The van der Waals surface area contributed by atoms with Crippen LogP contribution in [-0.4, -0.2) is 25.0 Å². The van der Waals surface area contributed by atoms with Crippen molar-refractivity contribution in [3.8, 4) is 5.75 Å². The minimum absolute atomic E-state index is 0.00573. The van der Waals surface area contributed by atoms with Crippen LogP contribution in [-0.2, 0) is 16.0 Å². The highest BCUT2D eigenvalue weighted by atomic mass is 16.5. The Kier molecular flexibility index (Phi) is 6.47. The molecule has 5 nitrogen and oxygen atoms in total. The van der Waals surface area contributed by atoms with E-state index in [1.165, 1.54) is 5.56 Å². The fourth-order valence-electron chi connectivity index (χ4n) is 3.33. The molecule has 27 heavy (non-hydrogen) atoms. The Morgan fingerprint density at radius 2 is 1.81 bits per heavy atom. The molecule has 0 unspecified atom stereocenters. The Hall–Kier alpha value is -2.82. The van der Waals surface area contributed by atoms with Crippen LogP contribution in [0.15, 0.2) is 48.5 Å². The van der Waals surface area contributed by atoms with Crippen molar-refractivity contribution in [3.63, 3.8) is 0 Å². The van der Waals surface area contributed by atoms with Gasteiger partial charge in [-0.05, 0) is 62.1 Å². The summed E-state index contributed by atoms with van der Waals surface area (Å²) in [7, 11) is 0. The zero-order valence-electron chi connectivity index (χ0n) is 15.7. The van der Waals surface area contributed by atoms with Crippen LogP contribution in [0, 0.1) is 0 Å². The van der Waals surface area contributed by atoms with Crippen LogP contribution in [0.2, 0.25) is 0 Å². The molecule has 0 saturated carbocycles. The monoisotopic (exact) mass is 366 g/mol. The number of benzene rings is 2. The Labute approximate surface area is 160 Å². The number of anilines is 2. The average Bonchev–Trinajstić information content (AvgIpc) is 2.90. The van der Waals surface area contributed by atoms with Crippen LogP contribution < -0.4 is 15.0 Å². The van der Waals surface area contributed by atoms with E-state index >= 15 is 0 Å². The molecule has 2 amide bonds. The highest BCUT2D eigenvalue weighted by Gasteiger charge is 2.21. The summed E-state index contributed by atoms with van der Waals surface area (Å²) in [6, 6.07) is 15.3. The van der Waals surface area contributed by atoms with Crippen molar-refractivity contribution in [2.75, 3.05) is 23.4 Å². The molecule has 2 aromatic carbocycles. The lowest BCUT2D eigenvalue weighted by atomic mass is 10.1. The topological polar surface area (TPSA) is 58.6 Å². The van der Waals surface area contributed by atoms with Gasteiger partial charge in [-0.2, -0.15) is 0 Å². The lowest BCUT2D eigenvalue weighted by Gasteiger charge is -2.22. The molecule has 1 aliphatic rings. The van der Waals surface area contributed by atoms with Crippen LogP contribution in [0.4, 0.5) is 11.4 Å². The van der Waals surface area contributed by atoms with Crippen molar-refractivity contribution in [2.24, 2.45) is 0 Å². The number of carbonyl (C=O) groups excluding carboxylic acids is 2. The zero-order valence-corrected chi connectivity index (χ0v) is 15.7. The number of para-hydroxylation sites is 1. The second-order valence-electron chi connectivity index (χ2n) is 6.64. The smallest absolute Gasteiger partial charge is 0.227 e. The van der Waals surface area contributed by atoms with Crippen molar-refractivity contribution in [3.05, 3.63) is 54.1 Å². The van der Waals surface area contributed by atoms with Crippen LogP contribution in [0.1, 0.15) is 38.2 Å². The van der Waals surface area contributed by atoms with E-state index in [4.69, 9.17) is 4.74 Å². The molecule has 0 spiro atoms. The summed E-state index contributed by atoms with van der Waals surface area (Å²) in [5.41, 5.74) is 2.91. The predicted octanol–water partition coefficient (Wildman–Crippen LogP) is 4.17. The minimum atomic E-state index is -0.157. The van der Waals surface area contributed by atoms with Crippen LogP contribution >= 0.6 is 0 Å². The average molecular weight is 366 g/mol. The lowest BCUT2D eigenvalue weighted by Crippen LogP contribution is -2.32. The second-order valence-corrected chi connectivity index (χ2v) is 6.64. The second kappa shape index (κ2) is 9.21. The SMILES string of the molecule is CCOc1ccc(NC(=O)CCC(=O)N2CCCCc3ccccc32)cc1. The number of hydrogen-bond acceptors (Lipinski definition) is 3. The third-order valence-corrected chi connectivity index (χ3v) is 4.68. The van der Waals surface area contributed by atoms with E-state index in [-0.39, 0.29) is 24.7 Å². The Morgan fingerprint density at radius 3 is 2.59 bits per heavy atom. The molecule has 0 atom stereocenters. The number of aryl methyl sites for hydroxylation is 1. The first-order valence-electron chi connectivity index (χ1n) is 9.58. The van der Waals surface area contributed by atoms with Gasteiger partial charge in [0.05, 0.1) is 6.61 Å². The van der Waals surface area contributed by atoms with Crippen molar-refractivity contribution < 1.29 is 14.3 Å².